The number of hydrogen-bond donors (Lipinski definition) is 1. The highest BCUT2D eigenvalue weighted by Gasteiger charge is 2.30. The van der Waals surface area contributed by atoms with Crippen LogP contribution in [0.2, 0.25) is 0 Å². The first kappa shape index (κ1) is 30.8. The van der Waals surface area contributed by atoms with Crippen LogP contribution in [0.15, 0.2) is 76.6 Å². The lowest BCUT2D eigenvalue weighted by Crippen LogP contribution is -2.48. The van der Waals surface area contributed by atoms with Gasteiger partial charge in [0.25, 0.3) is 15.9 Å². The van der Waals surface area contributed by atoms with E-state index in [0.717, 1.165) is 17.7 Å². The summed E-state index contributed by atoms with van der Waals surface area (Å²) in [7, 11) is -2.65. The SMILES string of the molecule is C=Nc1c(/C=C\C)cccc1S(=O)(=O)Nc1ccc(C(=O)N2CCN(Cc3ccc(C(F)(F)F)cc3)CC2)c(OC)c1. The minimum absolute atomic E-state index is 0.0404. The molecule has 4 rings (SSSR count). The predicted molar refractivity (Wildman–Crippen MR) is 157 cm³/mol. The molecule has 1 N–H and O–H groups in total. The van der Waals surface area contributed by atoms with Crippen molar-refractivity contribution in [1.82, 2.24) is 9.80 Å². The highest BCUT2D eigenvalue weighted by molar-refractivity contribution is 7.92. The molecule has 8 nitrogen and oxygen atoms in total. The van der Waals surface area contributed by atoms with Gasteiger partial charge in [-0.3, -0.25) is 19.4 Å². The Hall–Kier alpha value is -4.16. The highest BCUT2D eigenvalue weighted by Crippen LogP contribution is 2.33. The molecule has 3 aromatic carbocycles. The largest absolute Gasteiger partial charge is 0.496 e. The number of nitrogens with one attached hydrogen (secondary N) is 1. The molecule has 42 heavy (non-hydrogen) atoms. The van der Waals surface area contributed by atoms with Gasteiger partial charge in [-0.25, -0.2) is 8.42 Å². The lowest BCUT2D eigenvalue weighted by molar-refractivity contribution is -0.137. The van der Waals surface area contributed by atoms with Gasteiger partial charge in [0.05, 0.1) is 29.6 Å². The zero-order chi connectivity index (χ0) is 30.5. The Morgan fingerprint density at radius 2 is 1.76 bits per heavy atom. The standard InChI is InChI=1S/C30H31F3N4O4S/c1-4-6-22-7-5-8-27(28(22)34-2)42(39,40)35-24-13-14-25(26(19-24)41-3)29(38)37-17-15-36(16-18-37)20-21-9-11-23(12-10-21)30(31,32)33/h4-14,19,35H,2,15-18,20H2,1,3H3/b6-4-. The quantitative estimate of drug-likeness (QED) is 0.312. The summed E-state index contributed by atoms with van der Waals surface area (Å²) in [5, 5.41) is 0. The number of piperazine rings is 1. The predicted octanol–water partition coefficient (Wildman–Crippen LogP) is 5.84. The van der Waals surface area contributed by atoms with Crippen molar-refractivity contribution in [3.8, 4) is 5.75 Å². The number of para-hydroxylation sites is 1. The number of allylic oxidation sites excluding steroid dienone is 1. The van der Waals surface area contributed by atoms with E-state index in [-0.39, 0.29) is 33.5 Å². The van der Waals surface area contributed by atoms with Gasteiger partial charge < -0.3 is 9.64 Å². The van der Waals surface area contributed by atoms with Crippen molar-refractivity contribution in [2.45, 2.75) is 24.5 Å². The number of nitrogens with zero attached hydrogens (tertiary/aromatic N) is 3. The van der Waals surface area contributed by atoms with Gasteiger partial charge in [0.2, 0.25) is 0 Å². The molecule has 1 heterocycles. The molecule has 1 aliphatic heterocycles. The number of carbonyl (C=O) groups excluding carboxylic acids is 1. The molecular weight excluding hydrogens is 569 g/mol. The molecule has 0 atom stereocenters. The molecule has 1 fully saturated rings. The fourth-order valence-electron chi connectivity index (χ4n) is 4.72. The van der Waals surface area contributed by atoms with Crippen LogP contribution in [0.3, 0.4) is 0 Å². The molecule has 0 aliphatic carbocycles. The van der Waals surface area contributed by atoms with Crippen LogP contribution in [0.1, 0.15) is 34.0 Å². The summed E-state index contributed by atoms with van der Waals surface area (Å²) in [4.78, 5) is 20.9. The minimum atomic E-state index is -4.38. The fourth-order valence-corrected chi connectivity index (χ4v) is 5.96. The molecule has 1 saturated heterocycles. The van der Waals surface area contributed by atoms with Gasteiger partial charge in [-0.15, -0.1) is 0 Å². The molecular formula is C30H31F3N4O4S. The third kappa shape index (κ3) is 7.00. The molecule has 222 valence electrons. The number of carbonyl (C=O) groups is 1. The van der Waals surface area contributed by atoms with E-state index in [1.165, 1.54) is 43.5 Å². The summed E-state index contributed by atoms with van der Waals surface area (Å²) >= 11 is 0. The Kier molecular flexibility index (Phi) is 9.37. The smallest absolute Gasteiger partial charge is 0.416 e. The summed E-state index contributed by atoms with van der Waals surface area (Å²) in [6.45, 7) is 7.71. The molecule has 0 radical (unpaired) electrons. The monoisotopic (exact) mass is 600 g/mol. The maximum atomic E-state index is 13.3. The summed E-state index contributed by atoms with van der Waals surface area (Å²) in [6.07, 6.45) is -0.868. The number of anilines is 1. The lowest BCUT2D eigenvalue weighted by atomic mass is 10.1. The third-order valence-electron chi connectivity index (χ3n) is 6.86. The van der Waals surface area contributed by atoms with E-state index in [2.05, 4.69) is 21.3 Å². The number of ether oxygens (including phenoxy) is 1. The topological polar surface area (TPSA) is 91.3 Å². The molecule has 0 aromatic heterocycles. The number of rotatable bonds is 9. The molecule has 0 bridgehead atoms. The number of halogens is 3. The van der Waals surface area contributed by atoms with Gasteiger partial charge in [-0.05, 0) is 49.5 Å². The average molecular weight is 601 g/mol. The second kappa shape index (κ2) is 12.8. The zero-order valence-corrected chi connectivity index (χ0v) is 24.0. The summed E-state index contributed by atoms with van der Waals surface area (Å²) in [6, 6.07) is 14.3. The zero-order valence-electron chi connectivity index (χ0n) is 23.2. The van der Waals surface area contributed by atoms with Gasteiger partial charge in [-0.1, -0.05) is 36.4 Å². The minimum Gasteiger partial charge on any atom is -0.496 e. The molecule has 3 aromatic rings. The van der Waals surface area contributed by atoms with Crippen molar-refractivity contribution < 1.29 is 31.1 Å². The van der Waals surface area contributed by atoms with Gasteiger partial charge >= 0.3 is 6.18 Å². The second-order valence-electron chi connectivity index (χ2n) is 9.64. The van der Waals surface area contributed by atoms with Crippen LogP contribution in [0.5, 0.6) is 5.75 Å². The number of sulfonamides is 1. The molecule has 0 spiro atoms. The van der Waals surface area contributed by atoms with Crippen LogP contribution >= 0.6 is 0 Å². The van der Waals surface area contributed by atoms with Crippen LogP contribution < -0.4 is 9.46 Å². The number of methoxy groups -OCH3 is 1. The Labute approximate surface area is 243 Å². The van der Waals surface area contributed by atoms with Crippen LogP contribution in [0.25, 0.3) is 6.08 Å². The average Bonchev–Trinajstić information content (AvgIpc) is 2.97. The number of amides is 1. The van der Waals surface area contributed by atoms with Crippen molar-refractivity contribution >= 4 is 40.1 Å². The Balaban J connectivity index is 1.43. The second-order valence-corrected chi connectivity index (χ2v) is 11.3. The van der Waals surface area contributed by atoms with Crippen LogP contribution in [0, 0.1) is 0 Å². The van der Waals surface area contributed by atoms with Crippen molar-refractivity contribution in [1.29, 1.82) is 0 Å². The van der Waals surface area contributed by atoms with E-state index >= 15 is 0 Å². The van der Waals surface area contributed by atoms with Gasteiger partial charge in [0.15, 0.2) is 0 Å². The van der Waals surface area contributed by atoms with Crippen molar-refractivity contribution in [3.05, 3.63) is 89.0 Å². The van der Waals surface area contributed by atoms with Crippen LogP contribution in [-0.4, -0.2) is 64.1 Å². The number of aliphatic imine (C=N–C) groups is 1. The van der Waals surface area contributed by atoms with E-state index in [1.54, 1.807) is 29.2 Å². The lowest BCUT2D eigenvalue weighted by Gasteiger charge is -2.35. The maximum absolute atomic E-state index is 13.3. The normalized spacial score (nSPS) is 14.6. The third-order valence-corrected chi connectivity index (χ3v) is 8.27. The number of alkyl halides is 3. The van der Waals surface area contributed by atoms with Crippen molar-refractivity contribution in [2.24, 2.45) is 4.99 Å². The van der Waals surface area contributed by atoms with Gasteiger partial charge in [-0.2, -0.15) is 13.2 Å². The Morgan fingerprint density at radius 3 is 2.36 bits per heavy atom. The molecule has 1 aliphatic rings. The fraction of sp³-hybridized carbons (Fsp3) is 0.267. The van der Waals surface area contributed by atoms with Crippen molar-refractivity contribution in [3.63, 3.8) is 0 Å². The van der Waals surface area contributed by atoms with Crippen molar-refractivity contribution in [2.75, 3.05) is 38.0 Å². The molecule has 12 heteroatoms. The van der Waals surface area contributed by atoms with Crippen LogP contribution in [-0.2, 0) is 22.7 Å². The van der Waals surface area contributed by atoms with E-state index in [4.69, 9.17) is 4.74 Å². The van der Waals surface area contributed by atoms with E-state index < -0.39 is 21.8 Å². The first-order valence-corrected chi connectivity index (χ1v) is 14.6. The number of benzene rings is 3. The maximum Gasteiger partial charge on any atom is 0.416 e. The van der Waals surface area contributed by atoms with E-state index in [1.807, 2.05) is 6.92 Å². The number of hydrogen-bond acceptors (Lipinski definition) is 6. The Morgan fingerprint density at radius 1 is 1.07 bits per heavy atom. The summed E-state index contributed by atoms with van der Waals surface area (Å²) < 4.78 is 72.9. The van der Waals surface area contributed by atoms with E-state index in [0.29, 0.717) is 38.3 Å². The molecule has 0 unspecified atom stereocenters. The first-order valence-electron chi connectivity index (χ1n) is 13.1. The van der Waals surface area contributed by atoms with E-state index in [9.17, 15) is 26.4 Å². The highest BCUT2D eigenvalue weighted by atomic mass is 32.2. The molecule has 0 saturated carbocycles. The van der Waals surface area contributed by atoms with Gasteiger partial charge in [0, 0.05) is 44.4 Å². The molecule has 1 amide bonds. The summed E-state index contributed by atoms with van der Waals surface area (Å²) in [5.74, 6) is -0.0650. The first-order chi connectivity index (χ1) is 20.0. The van der Waals surface area contributed by atoms with Gasteiger partial charge in [0.1, 0.15) is 10.6 Å². The summed E-state index contributed by atoms with van der Waals surface area (Å²) in [5.41, 5.74) is 1.38. The Bertz CT molecular complexity index is 1580. The van der Waals surface area contributed by atoms with Crippen LogP contribution in [0.4, 0.5) is 24.5 Å².